The van der Waals surface area contributed by atoms with E-state index in [9.17, 15) is 13.2 Å². The Bertz CT molecular complexity index is 559. The van der Waals surface area contributed by atoms with Crippen LogP contribution in [0.25, 0.3) is 11.2 Å². The van der Waals surface area contributed by atoms with Crippen molar-refractivity contribution in [2.24, 2.45) is 11.7 Å². The van der Waals surface area contributed by atoms with Crippen molar-refractivity contribution in [1.82, 2.24) is 15.0 Å². The van der Waals surface area contributed by atoms with Gasteiger partial charge in [-0.25, -0.2) is 9.97 Å². The van der Waals surface area contributed by atoms with Crippen LogP contribution in [0.2, 0.25) is 0 Å². The second-order valence-electron chi connectivity index (χ2n) is 4.48. The van der Waals surface area contributed by atoms with Crippen molar-refractivity contribution in [2.75, 3.05) is 0 Å². The van der Waals surface area contributed by atoms with Gasteiger partial charge < -0.3 is 10.7 Å². The average molecular weight is 258 g/mol. The van der Waals surface area contributed by atoms with Gasteiger partial charge in [0.1, 0.15) is 5.82 Å². The Balaban J connectivity index is 2.46. The Kier molecular flexibility index (Phi) is 3.02. The Labute approximate surface area is 101 Å². The minimum atomic E-state index is -4.41. The summed E-state index contributed by atoms with van der Waals surface area (Å²) in [6.45, 7) is 3.82. The number of nitrogens with zero attached hydrogens (tertiary/aromatic N) is 2. The minimum Gasteiger partial charge on any atom is -0.339 e. The molecule has 0 aromatic carbocycles. The molecule has 0 fully saturated rings. The molecule has 0 amide bonds. The molecule has 4 nitrogen and oxygen atoms in total. The van der Waals surface area contributed by atoms with Crippen LogP contribution in [0.1, 0.15) is 31.3 Å². The highest BCUT2D eigenvalue weighted by atomic mass is 19.4. The van der Waals surface area contributed by atoms with Gasteiger partial charge in [-0.2, -0.15) is 13.2 Å². The highest BCUT2D eigenvalue weighted by Crippen LogP contribution is 2.30. The third kappa shape index (κ3) is 2.31. The van der Waals surface area contributed by atoms with Crippen molar-refractivity contribution in [3.63, 3.8) is 0 Å². The van der Waals surface area contributed by atoms with Crippen LogP contribution in [0, 0.1) is 5.92 Å². The normalized spacial score (nSPS) is 14.4. The number of rotatable bonds is 2. The lowest BCUT2D eigenvalue weighted by atomic mass is 10.1. The number of nitrogens with two attached hydrogens (primary N) is 1. The van der Waals surface area contributed by atoms with Crippen LogP contribution in [0.3, 0.4) is 0 Å². The minimum absolute atomic E-state index is 0.132. The van der Waals surface area contributed by atoms with Crippen LogP contribution in [0.5, 0.6) is 0 Å². The molecule has 0 saturated carbocycles. The van der Waals surface area contributed by atoms with Crippen LogP contribution in [-0.4, -0.2) is 15.0 Å². The molecule has 2 heterocycles. The number of nitrogens with one attached hydrogen (secondary N) is 1. The molecule has 2 rings (SSSR count). The molecule has 3 N–H and O–H groups in total. The van der Waals surface area contributed by atoms with E-state index in [2.05, 4.69) is 15.0 Å². The lowest BCUT2D eigenvalue weighted by Gasteiger charge is -2.11. The molecular weight excluding hydrogens is 245 g/mol. The highest BCUT2D eigenvalue weighted by molar-refractivity contribution is 5.71. The number of H-pyrrole nitrogens is 1. The van der Waals surface area contributed by atoms with Crippen LogP contribution in [0.15, 0.2) is 12.3 Å². The third-order valence-electron chi connectivity index (χ3n) is 2.72. The Morgan fingerprint density at radius 2 is 2.00 bits per heavy atom. The van der Waals surface area contributed by atoms with E-state index in [0.717, 1.165) is 12.3 Å². The number of hydrogen-bond acceptors (Lipinski definition) is 3. The van der Waals surface area contributed by atoms with Gasteiger partial charge in [-0.15, -0.1) is 0 Å². The monoisotopic (exact) mass is 258 g/mol. The van der Waals surface area contributed by atoms with Crippen LogP contribution in [-0.2, 0) is 6.18 Å². The van der Waals surface area contributed by atoms with Gasteiger partial charge in [-0.1, -0.05) is 13.8 Å². The lowest BCUT2D eigenvalue weighted by Crippen LogP contribution is -2.18. The van der Waals surface area contributed by atoms with E-state index in [4.69, 9.17) is 5.73 Å². The van der Waals surface area contributed by atoms with Gasteiger partial charge in [-0.05, 0) is 12.0 Å². The smallest absolute Gasteiger partial charge is 0.339 e. The number of imidazole rings is 1. The molecule has 2 aromatic rings. The third-order valence-corrected chi connectivity index (χ3v) is 2.72. The van der Waals surface area contributed by atoms with Gasteiger partial charge in [-0.3, -0.25) is 0 Å². The maximum Gasteiger partial charge on any atom is 0.417 e. The largest absolute Gasteiger partial charge is 0.417 e. The molecule has 0 unspecified atom stereocenters. The number of alkyl halides is 3. The van der Waals surface area contributed by atoms with Gasteiger partial charge in [0.05, 0.1) is 17.1 Å². The van der Waals surface area contributed by atoms with E-state index in [1.807, 2.05) is 13.8 Å². The molecule has 1 atom stereocenters. The number of aromatic amines is 1. The first-order valence-electron chi connectivity index (χ1n) is 5.47. The zero-order chi connectivity index (χ0) is 13.5. The highest BCUT2D eigenvalue weighted by Gasteiger charge is 2.31. The number of hydrogen-bond donors (Lipinski definition) is 2. The van der Waals surface area contributed by atoms with E-state index >= 15 is 0 Å². The first kappa shape index (κ1) is 12.8. The molecule has 0 radical (unpaired) electrons. The molecule has 2 aromatic heterocycles. The van der Waals surface area contributed by atoms with Gasteiger partial charge in [0.25, 0.3) is 0 Å². The van der Waals surface area contributed by atoms with E-state index in [0.29, 0.717) is 5.82 Å². The number of halogens is 3. The summed E-state index contributed by atoms with van der Waals surface area (Å²) in [6.07, 6.45) is -3.64. The fourth-order valence-electron chi connectivity index (χ4n) is 1.55. The molecule has 0 aliphatic heterocycles. The quantitative estimate of drug-likeness (QED) is 0.870. The van der Waals surface area contributed by atoms with E-state index in [1.54, 1.807) is 0 Å². The first-order valence-corrected chi connectivity index (χ1v) is 5.47. The Hall–Kier alpha value is -1.63. The first-order chi connectivity index (χ1) is 8.29. The summed E-state index contributed by atoms with van der Waals surface area (Å²) in [6, 6.07) is 0.639. The van der Waals surface area contributed by atoms with Crippen molar-refractivity contribution in [3.05, 3.63) is 23.7 Å². The van der Waals surface area contributed by atoms with Crippen molar-refractivity contribution < 1.29 is 13.2 Å². The molecule has 0 bridgehead atoms. The molecule has 0 spiro atoms. The number of aromatic nitrogens is 3. The molecule has 0 saturated heterocycles. The number of fused-ring (bicyclic) bond motifs is 1. The van der Waals surface area contributed by atoms with Crippen molar-refractivity contribution in [2.45, 2.75) is 26.1 Å². The fraction of sp³-hybridized carbons (Fsp3) is 0.455. The van der Waals surface area contributed by atoms with Crippen molar-refractivity contribution in [1.29, 1.82) is 0 Å². The summed E-state index contributed by atoms with van der Waals surface area (Å²) in [5.41, 5.74) is 5.57. The SMILES string of the molecule is CC(C)[C@@H](N)c1nc2ncc(C(F)(F)F)cc2[nH]1. The fourth-order valence-corrected chi connectivity index (χ4v) is 1.55. The molecular formula is C11H13F3N4. The van der Waals surface area contributed by atoms with E-state index < -0.39 is 11.7 Å². The van der Waals surface area contributed by atoms with Crippen LogP contribution >= 0.6 is 0 Å². The van der Waals surface area contributed by atoms with Gasteiger partial charge in [0, 0.05) is 6.20 Å². The maximum absolute atomic E-state index is 12.5. The van der Waals surface area contributed by atoms with Crippen LogP contribution in [0.4, 0.5) is 13.2 Å². The summed E-state index contributed by atoms with van der Waals surface area (Å²) < 4.78 is 37.5. The van der Waals surface area contributed by atoms with Crippen LogP contribution < -0.4 is 5.73 Å². The van der Waals surface area contributed by atoms with Crippen molar-refractivity contribution in [3.8, 4) is 0 Å². The Morgan fingerprint density at radius 3 is 2.56 bits per heavy atom. The predicted octanol–water partition coefficient (Wildman–Crippen LogP) is 2.63. The molecule has 7 heteroatoms. The zero-order valence-corrected chi connectivity index (χ0v) is 9.92. The lowest BCUT2D eigenvalue weighted by molar-refractivity contribution is -0.137. The Morgan fingerprint density at radius 1 is 1.33 bits per heavy atom. The topological polar surface area (TPSA) is 67.6 Å². The summed E-state index contributed by atoms with van der Waals surface area (Å²) >= 11 is 0. The van der Waals surface area contributed by atoms with E-state index in [-0.39, 0.29) is 23.1 Å². The van der Waals surface area contributed by atoms with Gasteiger partial charge in [0.2, 0.25) is 0 Å². The standard InChI is InChI=1S/C11H13F3N4/c1-5(2)8(15)10-17-7-3-6(11(12,13)14)4-16-9(7)18-10/h3-5,8H,15H2,1-2H3,(H,16,17,18)/t8-/m1/s1. The summed E-state index contributed by atoms with van der Waals surface area (Å²) in [5, 5.41) is 0. The molecule has 18 heavy (non-hydrogen) atoms. The average Bonchev–Trinajstić information content (AvgIpc) is 2.68. The predicted molar refractivity (Wildman–Crippen MR) is 60.7 cm³/mol. The zero-order valence-electron chi connectivity index (χ0n) is 9.92. The van der Waals surface area contributed by atoms with E-state index in [1.165, 1.54) is 0 Å². The van der Waals surface area contributed by atoms with Gasteiger partial charge >= 0.3 is 6.18 Å². The summed E-state index contributed by atoms with van der Waals surface area (Å²) in [7, 11) is 0. The second-order valence-corrected chi connectivity index (χ2v) is 4.48. The molecule has 98 valence electrons. The number of pyridine rings is 1. The molecule has 0 aliphatic rings. The van der Waals surface area contributed by atoms with Gasteiger partial charge in [0.15, 0.2) is 5.65 Å². The van der Waals surface area contributed by atoms with Crippen molar-refractivity contribution >= 4 is 11.2 Å². The second kappa shape index (κ2) is 4.24. The summed E-state index contributed by atoms with van der Waals surface area (Å²) in [4.78, 5) is 10.6. The summed E-state index contributed by atoms with van der Waals surface area (Å²) in [5.74, 6) is 0.583. The molecule has 0 aliphatic carbocycles. The maximum atomic E-state index is 12.5.